The minimum absolute atomic E-state index is 0.253. The monoisotopic (exact) mass is 294 g/mol. The van der Waals surface area contributed by atoms with Gasteiger partial charge >= 0.3 is 0 Å². The number of sulfonamides is 1. The fourth-order valence-electron chi connectivity index (χ4n) is 1.68. The average Bonchev–Trinajstić information content (AvgIpc) is 2.36. The second-order valence-electron chi connectivity index (χ2n) is 5.07. The van der Waals surface area contributed by atoms with E-state index in [9.17, 15) is 8.42 Å². The van der Waals surface area contributed by atoms with Crippen LogP contribution < -0.4 is 10.5 Å². The van der Waals surface area contributed by atoms with Crippen molar-refractivity contribution in [3.63, 3.8) is 0 Å². The van der Waals surface area contributed by atoms with E-state index in [2.05, 4.69) is 30.4 Å². The summed E-state index contributed by atoms with van der Waals surface area (Å²) < 4.78 is 27.2. The molecule has 1 rings (SSSR count). The number of nitrogens with one attached hydrogen (secondary N) is 1. The van der Waals surface area contributed by atoms with Gasteiger partial charge in [0.05, 0.1) is 11.4 Å². The topological polar surface area (TPSA) is 72.2 Å². The van der Waals surface area contributed by atoms with Crippen molar-refractivity contribution in [2.75, 3.05) is 13.1 Å². The Labute approximate surface area is 121 Å². The molecule has 0 aliphatic heterocycles. The van der Waals surface area contributed by atoms with Gasteiger partial charge in [-0.05, 0) is 37.0 Å². The standard InChI is InChI=1S/C15H22N2O2S/c1-12(2)8-10-17-20(18,19)15-11-14(5-4-9-16)7-6-13(15)3/h6-7,11-12,17H,8-10,16H2,1-3H3. The molecule has 0 saturated heterocycles. The van der Waals surface area contributed by atoms with Crippen LogP contribution in [0.5, 0.6) is 0 Å². The fraction of sp³-hybridized carbons (Fsp3) is 0.467. The summed E-state index contributed by atoms with van der Waals surface area (Å²) in [7, 11) is -3.48. The molecule has 4 nitrogen and oxygen atoms in total. The fourth-order valence-corrected chi connectivity index (χ4v) is 3.00. The molecule has 3 N–H and O–H groups in total. The number of benzene rings is 1. The molecule has 0 heterocycles. The van der Waals surface area contributed by atoms with Gasteiger partial charge in [0.15, 0.2) is 0 Å². The maximum Gasteiger partial charge on any atom is 0.240 e. The zero-order valence-electron chi connectivity index (χ0n) is 12.2. The summed E-state index contributed by atoms with van der Waals surface area (Å²) in [6.07, 6.45) is 0.810. The molecule has 0 amide bonds. The van der Waals surface area contributed by atoms with Gasteiger partial charge in [-0.2, -0.15) is 0 Å². The van der Waals surface area contributed by atoms with Crippen molar-refractivity contribution < 1.29 is 8.42 Å². The van der Waals surface area contributed by atoms with E-state index in [0.717, 1.165) is 6.42 Å². The molecule has 0 aliphatic carbocycles. The lowest BCUT2D eigenvalue weighted by atomic mass is 10.1. The molecule has 0 aliphatic rings. The van der Waals surface area contributed by atoms with Gasteiger partial charge in [-0.15, -0.1) is 0 Å². The third kappa shape index (κ3) is 4.97. The predicted molar refractivity (Wildman–Crippen MR) is 81.8 cm³/mol. The number of rotatable bonds is 5. The Bertz CT molecular complexity index is 610. The minimum Gasteiger partial charge on any atom is -0.320 e. The maximum atomic E-state index is 12.3. The zero-order chi connectivity index (χ0) is 15.2. The third-order valence-electron chi connectivity index (χ3n) is 2.83. The highest BCUT2D eigenvalue weighted by molar-refractivity contribution is 7.89. The second kappa shape index (κ2) is 7.44. The molecular formula is C15H22N2O2S. The zero-order valence-corrected chi connectivity index (χ0v) is 13.0. The smallest absolute Gasteiger partial charge is 0.240 e. The van der Waals surface area contributed by atoms with Gasteiger partial charge in [0.1, 0.15) is 0 Å². The largest absolute Gasteiger partial charge is 0.320 e. The molecule has 0 unspecified atom stereocenters. The highest BCUT2D eigenvalue weighted by Crippen LogP contribution is 2.16. The Kier molecular flexibility index (Phi) is 6.21. The number of hydrogen-bond acceptors (Lipinski definition) is 3. The van der Waals surface area contributed by atoms with Crippen molar-refractivity contribution in [1.82, 2.24) is 4.72 Å². The van der Waals surface area contributed by atoms with Gasteiger partial charge < -0.3 is 5.73 Å². The number of hydrogen-bond donors (Lipinski definition) is 2. The van der Waals surface area contributed by atoms with Crippen molar-refractivity contribution in [3.05, 3.63) is 29.3 Å². The summed E-state index contributed by atoms with van der Waals surface area (Å²) in [6, 6.07) is 5.15. The molecule has 0 saturated carbocycles. The van der Waals surface area contributed by atoms with E-state index >= 15 is 0 Å². The summed E-state index contributed by atoms with van der Waals surface area (Å²) in [5.41, 5.74) is 6.69. The lowest BCUT2D eigenvalue weighted by Crippen LogP contribution is -2.26. The predicted octanol–water partition coefficient (Wildman–Crippen LogP) is 1.63. The first-order valence-corrected chi connectivity index (χ1v) is 8.14. The summed E-state index contributed by atoms with van der Waals surface area (Å²) in [5, 5.41) is 0. The second-order valence-corrected chi connectivity index (χ2v) is 6.80. The van der Waals surface area contributed by atoms with Gasteiger partial charge in [-0.3, -0.25) is 0 Å². The highest BCUT2D eigenvalue weighted by atomic mass is 32.2. The van der Waals surface area contributed by atoms with Crippen LogP contribution in [0.2, 0.25) is 0 Å². The SMILES string of the molecule is Cc1ccc(C#CCN)cc1S(=O)(=O)NCCC(C)C. The van der Waals surface area contributed by atoms with Crippen LogP contribution in [0.3, 0.4) is 0 Å². The van der Waals surface area contributed by atoms with Gasteiger partial charge in [-0.1, -0.05) is 31.8 Å². The van der Waals surface area contributed by atoms with Gasteiger partial charge in [0.2, 0.25) is 10.0 Å². The molecule has 20 heavy (non-hydrogen) atoms. The molecule has 5 heteroatoms. The quantitative estimate of drug-likeness (QED) is 0.811. The summed E-state index contributed by atoms with van der Waals surface area (Å²) in [4.78, 5) is 0.282. The first-order chi connectivity index (χ1) is 9.36. The van der Waals surface area contributed by atoms with Crippen molar-refractivity contribution in [1.29, 1.82) is 0 Å². The Balaban J connectivity index is 2.98. The van der Waals surface area contributed by atoms with E-state index in [1.54, 1.807) is 25.1 Å². The lowest BCUT2D eigenvalue weighted by molar-refractivity contribution is 0.551. The van der Waals surface area contributed by atoms with Crippen LogP contribution in [0.15, 0.2) is 23.1 Å². The Morgan fingerprint density at radius 1 is 1.35 bits per heavy atom. The maximum absolute atomic E-state index is 12.3. The summed E-state index contributed by atoms with van der Waals surface area (Å²) in [6.45, 7) is 6.59. The van der Waals surface area contributed by atoms with Crippen LogP contribution in [0, 0.1) is 24.7 Å². The Morgan fingerprint density at radius 3 is 2.65 bits per heavy atom. The molecule has 0 spiro atoms. The van der Waals surface area contributed by atoms with E-state index in [0.29, 0.717) is 23.6 Å². The minimum atomic E-state index is -3.48. The first kappa shape index (κ1) is 16.7. The molecule has 0 radical (unpaired) electrons. The third-order valence-corrected chi connectivity index (χ3v) is 4.43. The molecule has 0 fully saturated rings. The molecule has 0 aromatic heterocycles. The van der Waals surface area contributed by atoms with Gasteiger partial charge in [-0.25, -0.2) is 13.1 Å². The van der Waals surface area contributed by atoms with Crippen LogP contribution >= 0.6 is 0 Å². The van der Waals surface area contributed by atoms with Crippen LogP contribution in [0.4, 0.5) is 0 Å². The van der Waals surface area contributed by atoms with Crippen molar-refractivity contribution in [2.24, 2.45) is 11.7 Å². The van der Waals surface area contributed by atoms with Crippen LogP contribution in [-0.2, 0) is 10.0 Å². The van der Waals surface area contributed by atoms with E-state index in [-0.39, 0.29) is 11.4 Å². The average molecular weight is 294 g/mol. The van der Waals surface area contributed by atoms with Crippen LogP contribution in [0.1, 0.15) is 31.4 Å². The molecular weight excluding hydrogens is 272 g/mol. The molecule has 1 aromatic carbocycles. The number of nitrogens with two attached hydrogens (primary N) is 1. The van der Waals surface area contributed by atoms with Gasteiger partial charge in [0, 0.05) is 12.1 Å². The molecule has 0 bridgehead atoms. The van der Waals surface area contributed by atoms with E-state index in [1.807, 2.05) is 0 Å². The van der Waals surface area contributed by atoms with Crippen molar-refractivity contribution >= 4 is 10.0 Å². The van der Waals surface area contributed by atoms with E-state index in [4.69, 9.17) is 5.73 Å². The van der Waals surface area contributed by atoms with Crippen LogP contribution in [0.25, 0.3) is 0 Å². The number of aryl methyl sites for hydroxylation is 1. The molecule has 0 atom stereocenters. The normalized spacial score (nSPS) is 11.2. The van der Waals surface area contributed by atoms with Crippen molar-refractivity contribution in [3.8, 4) is 11.8 Å². The van der Waals surface area contributed by atoms with E-state index < -0.39 is 10.0 Å². The lowest BCUT2D eigenvalue weighted by Gasteiger charge is -2.10. The molecule has 110 valence electrons. The van der Waals surface area contributed by atoms with Crippen LogP contribution in [-0.4, -0.2) is 21.5 Å². The summed E-state index contributed by atoms with van der Waals surface area (Å²) >= 11 is 0. The Morgan fingerprint density at radius 2 is 2.05 bits per heavy atom. The van der Waals surface area contributed by atoms with Crippen molar-refractivity contribution in [2.45, 2.75) is 32.1 Å². The first-order valence-electron chi connectivity index (χ1n) is 6.66. The molecule has 1 aromatic rings. The summed E-state index contributed by atoms with van der Waals surface area (Å²) in [5.74, 6) is 6.03. The van der Waals surface area contributed by atoms with Gasteiger partial charge in [0.25, 0.3) is 0 Å². The Hall–Kier alpha value is -1.35. The highest BCUT2D eigenvalue weighted by Gasteiger charge is 2.16. The van der Waals surface area contributed by atoms with E-state index in [1.165, 1.54) is 0 Å².